The van der Waals surface area contributed by atoms with E-state index in [1.807, 2.05) is 13.0 Å². The molecule has 0 aliphatic carbocycles. The standard InChI is InChI=1S/C15H19N3/c1-11(2)14-6-4-13(5-7-14)9-16-15-8-12(3)17-10-18-15/h4-8,10-11H,9H2,1-3H3,(H,16,17,18). The van der Waals surface area contributed by atoms with Gasteiger partial charge >= 0.3 is 0 Å². The molecule has 0 aliphatic rings. The zero-order valence-electron chi connectivity index (χ0n) is 11.1. The maximum absolute atomic E-state index is 4.18. The molecule has 1 heterocycles. The third kappa shape index (κ3) is 3.29. The van der Waals surface area contributed by atoms with E-state index in [1.54, 1.807) is 6.33 Å². The first-order valence-corrected chi connectivity index (χ1v) is 6.26. The Balaban J connectivity index is 1.98. The lowest BCUT2D eigenvalue weighted by Gasteiger charge is -2.08. The van der Waals surface area contributed by atoms with Crippen molar-refractivity contribution in [3.05, 3.63) is 53.5 Å². The van der Waals surface area contributed by atoms with Gasteiger partial charge in [-0.3, -0.25) is 0 Å². The SMILES string of the molecule is Cc1cc(NCc2ccc(C(C)C)cc2)ncn1. The summed E-state index contributed by atoms with van der Waals surface area (Å²) in [7, 11) is 0. The van der Waals surface area contributed by atoms with E-state index in [-0.39, 0.29) is 0 Å². The second-order valence-electron chi connectivity index (χ2n) is 4.79. The number of hydrogen-bond donors (Lipinski definition) is 1. The van der Waals surface area contributed by atoms with Gasteiger partial charge in [-0.2, -0.15) is 0 Å². The number of nitrogens with zero attached hydrogens (tertiary/aromatic N) is 2. The fraction of sp³-hybridized carbons (Fsp3) is 0.333. The first kappa shape index (κ1) is 12.6. The quantitative estimate of drug-likeness (QED) is 0.890. The van der Waals surface area contributed by atoms with Crippen LogP contribution in [-0.4, -0.2) is 9.97 Å². The summed E-state index contributed by atoms with van der Waals surface area (Å²) in [6.07, 6.45) is 1.58. The topological polar surface area (TPSA) is 37.8 Å². The Kier molecular flexibility index (Phi) is 3.92. The molecule has 0 spiro atoms. The molecule has 0 radical (unpaired) electrons. The zero-order chi connectivity index (χ0) is 13.0. The van der Waals surface area contributed by atoms with E-state index in [9.17, 15) is 0 Å². The molecule has 0 saturated carbocycles. The summed E-state index contributed by atoms with van der Waals surface area (Å²) in [6, 6.07) is 10.6. The van der Waals surface area contributed by atoms with Crippen molar-refractivity contribution in [1.29, 1.82) is 0 Å². The fourth-order valence-electron chi connectivity index (χ4n) is 1.76. The molecule has 18 heavy (non-hydrogen) atoms. The van der Waals surface area contributed by atoms with E-state index in [1.165, 1.54) is 11.1 Å². The van der Waals surface area contributed by atoms with E-state index in [0.29, 0.717) is 5.92 Å². The van der Waals surface area contributed by atoms with Crippen molar-refractivity contribution >= 4 is 5.82 Å². The summed E-state index contributed by atoms with van der Waals surface area (Å²) >= 11 is 0. The summed E-state index contributed by atoms with van der Waals surface area (Å²) < 4.78 is 0. The van der Waals surface area contributed by atoms with Gasteiger partial charge in [0.2, 0.25) is 0 Å². The molecular formula is C15H19N3. The van der Waals surface area contributed by atoms with Gasteiger partial charge in [0.15, 0.2) is 0 Å². The molecule has 3 heteroatoms. The molecule has 2 aromatic rings. The molecule has 0 atom stereocenters. The van der Waals surface area contributed by atoms with Gasteiger partial charge in [-0.25, -0.2) is 9.97 Å². The zero-order valence-corrected chi connectivity index (χ0v) is 11.1. The molecular weight excluding hydrogens is 222 g/mol. The van der Waals surface area contributed by atoms with Crippen LogP contribution in [0.3, 0.4) is 0 Å². The molecule has 3 nitrogen and oxygen atoms in total. The number of nitrogens with one attached hydrogen (secondary N) is 1. The van der Waals surface area contributed by atoms with Crippen molar-refractivity contribution in [2.45, 2.75) is 33.2 Å². The lowest BCUT2D eigenvalue weighted by Crippen LogP contribution is -2.02. The van der Waals surface area contributed by atoms with Crippen LogP contribution in [0.2, 0.25) is 0 Å². The van der Waals surface area contributed by atoms with E-state index >= 15 is 0 Å². The van der Waals surface area contributed by atoms with Gasteiger partial charge in [0.05, 0.1) is 0 Å². The summed E-state index contributed by atoms with van der Waals surface area (Å²) in [5.41, 5.74) is 3.61. The second-order valence-corrected chi connectivity index (χ2v) is 4.79. The lowest BCUT2D eigenvalue weighted by atomic mass is 10.0. The van der Waals surface area contributed by atoms with Gasteiger partial charge in [0.1, 0.15) is 12.1 Å². The summed E-state index contributed by atoms with van der Waals surface area (Å²) in [5, 5.41) is 3.30. The number of aryl methyl sites for hydroxylation is 1. The van der Waals surface area contributed by atoms with Crippen molar-refractivity contribution in [2.75, 3.05) is 5.32 Å². The third-order valence-electron chi connectivity index (χ3n) is 2.92. The van der Waals surface area contributed by atoms with Crippen molar-refractivity contribution < 1.29 is 0 Å². The molecule has 0 unspecified atom stereocenters. The monoisotopic (exact) mass is 241 g/mol. The summed E-state index contributed by atoms with van der Waals surface area (Å²) in [5.74, 6) is 1.45. The highest BCUT2D eigenvalue weighted by Crippen LogP contribution is 2.15. The normalized spacial score (nSPS) is 10.7. The number of aromatic nitrogens is 2. The molecule has 94 valence electrons. The Morgan fingerprint density at radius 1 is 1.11 bits per heavy atom. The van der Waals surface area contributed by atoms with E-state index in [2.05, 4.69) is 53.4 Å². The van der Waals surface area contributed by atoms with Crippen LogP contribution >= 0.6 is 0 Å². The van der Waals surface area contributed by atoms with Gasteiger partial charge in [-0.15, -0.1) is 0 Å². The van der Waals surface area contributed by atoms with Crippen LogP contribution < -0.4 is 5.32 Å². The molecule has 1 N–H and O–H groups in total. The maximum Gasteiger partial charge on any atom is 0.129 e. The molecule has 0 fully saturated rings. The smallest absolute Gasteiger partial charge is 0.129 e. The Labute approximate surface area is 108 Å². The van der Waals surface area contributed by atoms with E-state index in [4.69, 9.17) is 0 Å². The third-order valence-corrected chi connectivity index (χ3v) is 2.92. The lowest BCUT2D eigenvalue weighted by molar-refractivity contribution is 0.865. The van der Waals surface area contributed by atoms with Crippen LogP contribution in [0.4, 0.5) is 5.82 Å². The minimum atomic E-state index is 0.580. The average molecular weight is 241 g/mol. The first-order chi connectivity index (χ1) is 8.65. The molecule has 2 rings (SSSR count). The number of anilines is 1. The second kappa shape index (κ2) is 5.63. The Bertz CT molecular complexity index is 503. The Morgan fingerprint density at radius 2 is 1.83 bits per heavy atom. The molecule has 1 aromatic carbocycles. The summed E-state index contributed by atoms with van der Waals surface area (Å²) in [6.45, 7) is 7.16. The fourth-order valence-corrected chi connectivity index (χ4v) is 1.76. The van der Waals surface area contributed by atoms with E-state index in [0.717, 1.165) is 18.1 Å². The van der Waals surface area contributed by atoms with E-state index < -0.39 is 0 Å². The van der Waals surface area contributed by atoms with Crippen LogP contribution in [0.15, 0.2) is 36.7 Å². The largest absolute Gasteiger partial charge is 0.366 e. The van der Waals surface area contributed by atoms with Crippen molar-refractivity contribution in [1.82, 2.24) is 9.97 Å². The van der Waals surface area contributed by atoms with Gasteiger partial charge < -0.3 is 5.32 Å². The average Bonchev–Trinajstić information content (AvgIpc) is 2.37. The highest BCUT2D eigenvalue weighted by atomic mass is 15.0. The van der Waals surface area contributed by atoms with Crippen LogP contribution in [0.5, 0.6) is 0 Å². The molecule has 0 saturated heterocycles. The first-order valence-electron chi connectivity index (χ1n) is 6.26. The van der Waals surface area contributed by atoms with Crippen LogP contribution in [0.25, 0.3) is 0 Å². The predicted molar refractivity (Wildman–Crippen MR) is 74.6 cm³/mol. The minimum absolute atomic E-state index is 0.580. The predicted octanol–water partition coefficient (Wildman–Crippen LogP) is 3.52. The van der Waals surface area contributed by atoms with Gasteiger partial charge in [-0.1, -0.05) is 38.1 Å². The van der Waals surface area contributed by atoms with Gasteiger partial charge in [0.25, 0.3) is 0 Å². The number of hydrogen-bond acceptors (Lipinski definition) is 3. The van der Waals surface area contributed by atoms with Gasteiger partial charge in [-0.05, 0) is 24.0 Å². The van der Waals surface area contributed by atoms with Gasteiger partial charge in [0, 0.05) is 18.3 Å². The highest BCUT2D eigenvalue weighted by molar-refractivity contribution is 5.36. The minimum Gasteiger partial charge on any atom is -0.366 e. The molecule has 0 amide bonds. The number of rotatable bonds is 4. The molecule has 1 aromatic heterocycles. The van der Waals surface area contributed by atoms with Crippen LogP contribution in [0.1, 0.15) is 36.6 Å². The number of benzene rings is 1. The summed E-state index contributed by atoms with van der Waals surface area (Å²) in [4.78, 5) is 8.25. The Morgan fingerprint density at radius 3 is 2.44 bits per heavy atom. The Hall–Kier alpha value is -1.90. The molecule has 0 aliphatic heterocycles. The van der Waals surface area contributed by atoms with Crippen molar-refractivity contribution in [3.8, 4) is 0 Å². The highest BCUT2D eigenvalue weighted by Gasteiger charge is 1.99. The van der Waals surface area contributed by atoms with Crippen molar-refractivity contribution in [3.63, 3.8) is 0 Å². The van der Waals surface area contributed by atoms with Crippen molar-refractivity contribution in [2.24, 2.45) is 0 Å². The van der Waals surface area contributed by atoms with Crippen LogP contribution in [-0.2, 0) is 6.54 Å². The van der Waals surface area contributed by atoms with Crippen LogP contribution in [0, 0.1) is 6.92 Å². The maximum atomic E-state index is 4.18. The molecule has 0 bridgehead atoms.